The molecule has 3 rings (SSSR count). The maximum atomic E-state index is 12.8. The average Bonchev–Trinajstić information content (AvgIpc) is 2.92. The Hall–Kier alpha value is -2.34. The van der Waals surface area contributed by atoms with Crippen LogP contribution in [-0.4, -0.2) is 11.6 Å². The van der Waals surface area contributed by atoms with Crippen LogP contribution in [0.3, 0.4) is 0 Å². The van der Waals surface area contributed by atoms with Gasteiger partial charge >= 0.3 is 6.18 Å². The summed E-state index contributed by atoms with van der Waals surface area (Å²) < 4.78 is 44.0. The highest BCUT2D eigenvalue weighted by atomic mass is 35.5. The predicted octanol–water partition coefficient (Wildman–Crippen LogP) is 5.73. The number of alkyl halides is 3. The van der Waals surface area contributed by atoms with Crippen molar-refractivity contribution >= 4 is 23.2 Å². The van der Waals surface area contributed by atoms with E-state index < -0.39 is 22.7 Å². The first-order chi connectivity index (χ1) is 12.7. The Kier molecular flexibility index (Phi) is 5.29. The van der Waals surface area contributed by atoms with Crippen molar-refractivity contribution in [3.63, 3.8) is 0 Å². The summed E-state index contributed by atoms with van der Waals surface area (Å²) in [6, 6.07) is 8.13. The number of benzene rings is 2. The van der Waals surface area contributed by atoms with Crippen LogP contribution >= 0.6 is 11.6 Å². The Morgan fingerprint density at radius 1 is 1.04 bits per heavy atom. The fraction of sp³-hybridized carbons (Fsp3) is 0.300. The first kappa shape index (κ1) is 19.4. The molecular formula is C20H16ClF3O3. The summed E-state index contributed by atoms with van der Waals surface area (Å²) in [5.41, 5.74) is 0.516. The molecule has 1 aliphatic rings. The van der Waals surface area contributed by atoms with Crippen LogP contribution in [0.2, 0.25) is 5.02 Å². The van der Waals surface area contributed by atoms with Crippen LogP contribution in [0, 0.1) is 0 Å². The van der Waals surface area contributed by atoms with Crippen LogP contribution in [0.4, 0.5) is 13.2 Å². The van der Waals surface area contributed by atoms with Gasteiger partial charge in [-0.1, -0.05) is 24.6 Å². The fourth-order valence-electron chi connectivity index (χ4n) is 3.21. The Morgan fingerprint density at radius 3 is 2.19 bits per heavy atom. The zero-order chi connectivity index (χ0) is 19.8. The van der Waals surface area contributed by atoms with Gasteiger partial charge in [0.1, 0.15) is 29.0 Å². The quantitative estimate of drug-likeness (QED) is 0.620. The summed E-state index contributed by atoms with van der Waals surface area (Å²) in [5.74, 6) is -0.577. The summed E-state index contributed by atoms with van der Waals surface area (Å²) in [7, 11) is 0. The van der Waals surface area contributed by atoms with Gasteiger partial charge in [0.05, 0.1) is 10.6 Å². The van der Waals surface area contributed by atoms with Crippen molar-refractivity contribution < 1.29 is 27.5 Å². The number of ketones is 2. The third kappa shape index (κ3) is 4.00. The summed E-state index contributed by atoms with van der Waals surface area (Å²) >= 11 is 5.71. The molecule has 2 aromatic rings. The lowest BCUT2D eigenvalue weighted by atomic mass is 9.90. The SMILES string of the molecule is CCc1ccc(Oc2ccc(C(F)(F)F)c(Cl)c2)cc1C1C(=O)CCC1=O. The van der Waals surface area contributed by atoms with Crippen LogP contribution in [-0.2, 0) is 22.2 Å². The monoisotopic (exact) mass is 396 g/mol. The number of rotatable bonds is 4. The molecule has 0 saturated heterocycles. The molecule has 0 heterocycles. The van der Waals surface area contributed by atoms with E-state index in [1.165, 1.54) is 6.07 Å². The zero-order valence-electron chi connectivity index (χ0n) is 14.4. The molecule has 27 heavy (non-hydrogen) atoms. The van der Waals surface area contributed by atoms with E-state index in [-0.39, 0.29) is 30.2 Å². The summed E-state index contributed by atoms with van der Waals surface area (Å²) in [4.78, 5) is 24.2. The largest absolute Gasteiger partial charge is 0.457 e. The van der Waals surface area contributed by atoms with Crippen LogP contribution in [0.5, 0.6) is 11.5 Å². The summed E-state index contributed by atoms with van der Waals surface area (Å²) in [5, 5.41) is -0.466. The van der Waals surface area contributed by atoms with E-state index in [0.29, 0.717) is 17.7 Å². The van der Waals surface area contributed by atoms with Crippen LogP contribution in [0.15, 0.2) is 36.4 Å². The second kappa shape index (κ2) is 7.35. The molecule has 1 aliphatic carbocycles. The molecule has 7 heteroatoms. The van der Waals surface area contributed by atoms with Gasteiger partial charge in [-0.3, -0.25) is 9.59 Å². The summed E-state index contributed by atoms with van der Waals surface area (Å²) in [6.45, 7) is 1.92. The third-order valence-corrected chi connectivity index (χ3v) is 4.87. The van der Waals surface area contributed by atoms with E-state index in [9.17, 15) is 22.8 Å². The van der Waals surface area contributed by atoms with Crippen molar-refractivity contribution in [3.8, 4) is 11.5 Å². The van der Waals surface area contributed by atoms with E-state index in [1.54, 1.807) is 18.2 Å². The fourth-order valence-corrected chi connectivity index (χ4v) is 3.49. The first-order valence-electron chi connectivity index (χ1n) is 8.43. The molecule has 0 aliphatic heterocycles. The van der Waals surface area contributed by atoms with Crippen molar-refractivity contribution in [2.45, 2.75) is 38.3 Å². The van der Waals surface area contributed by atoms with Gasteiger partial charge in [0, 0.05) is 18.9 Å². The Labute approximate surface area is 159 Å². The number of hydrogen-bond acceptors (Lipinski definition) is 3. The third-order valence-electron chi connectivity index (χ3n) is 4.55. The van der Waals surface area contributed by atoms with Crippen molar-refractivity contribution in [2.24, 2.45) is 0 Å². The van der Waals surface area contributed by atoms with E-state index in [4.69, 9.17) is 16.3 Å². The number of hydrogen-bond donors (Lipinski definition) is 0. The van der Waals surface area contributed by atoms with E-state index in [0.717, 1.165) is 17.7 Å². The minimum absolute atomic E-state index is 0.121. The molecule has 0 N–H and O–H groups in total. The second-order valence-electron chi connectivity index (χ2n) is 6.32. The molecule has 142 valence electrons. The molecule has 0 atom stereocenters. The maximum Gasteiger partial charge on any atom is 0.417 e. The summed E-state index contributed by atoms with van der Waals surface area (Å²) in [6.07, 6.45) is -3.45. The van der Waals surface area contributed by atoms with Crippen molar-refractivity contribution in [1.82, 2.24) is 0 Å². The van der Waals surface area contributed by atoms with Crippen LogP contribution in [0.25, 0.3) is 0 Å². The van der Waals surface area contributed by atoms with Gasteiger partial charge in [-0.25, -0.2) is 0 Å². The van der Waals surface area contributed by atoms with E-state index in [1.807, 2.05) is 6.92 Å². The van der Waals surface area contributed by atoms with Gasteiger partial charge in [-0.05, 0) is 41.8 Å². The predicted molar refractivity (Wildman–Crippen MR) is 94.3 cm³/mol. The molecule has 1 saturated carbocycles. The highest BCUT2D eigenvalue weighted by Gasteiger charge is 2.36. The molecule has 2 aromatic carbocycles. The average molecular weight is 397 g/mol. The molecule has 0 radical (unpaired) electrons. The molecule has 0 bridgehead atoms. The number of ether oxygens (including phenoxy) is 1. The minimum Gasteiger partial charge on any atom is -0.457 e. The van der Waals surface area contributed by atoms with Crippen molar-refractivity contribution in [2.75, 3.05) is 0 Å². The lowest BCUT2D eigenvalue weighted by Crippen LogP contribution is -2.14. The smallest absolute Gasteiger partial charge is 0.417 e. The van der Waals surface area contributed by atoms with E-state index >= 15 is 0 Å². The minimum atomic E-state index is -4.55. The van der Waals surface area contributed by atoms with Gasteiger partial charge < -0.3 is 4.74 Å². The van der Waals surface area contributed by atoms with Gasteiger partial charge in [-0.2, -0.15) is 13.2 Å². The second-order valence-corrected chi connectivity index (χ2v) is 6.73. The Bertz CT molecular complexity index is 890. The molecule has 1 fully saturated rings. The number of halogens is 4. The maximum absolute atomic E-state index is 12.8. The van der Waals surface area contributed by atoms with Crippen LogP contribution in [0.1, 0.15) is 42.4 Å². The van der Waals surface area contributed by atoms with Gasteiger partial charge in [0.25, 0.3) is 0 Å². The molecule has 0 unspecified atom stereocenters. The topological polar surface area (TPSA) is 43.4 Å². The molecule has 0 spiro atoms. The Morgan fingerprint density at radius 2 is 1.63 bits per heavy atom. The standard InChI is InChI=1S/C20H16ClF3O3/c1-2-11-3-4-12(9-14(11)19-17(25)7-8-18(19)26)27-13-5-6-15(16(21)10-13)20(22,23)24/h3-6,9-10,19H,2,7-8H2,1H3. The Balaban J connectivity index is 1.92. The molecule has 0 amide bonds. The highest BCUT2D eigenvalue weighted by Crippen LogP contribution is 2.38. The number of aryl methyl sites for hydroxylation is 1. The number of Topliss-reactive ketones (excluding diaryl/α,β-unsaturated/α-hetero) is 2. The lowest BCUT2D eigenvalue weighted by molar-refractivity contribution is -0.137. The number of carbonyl (C=O) groups is 2. The molecule has 0 aromatic heterocycles. The highest BCUT2D eigenvalue weighted by molar-refractivity contribution is 6.31. The lowest BCUT2D eigenvalue weighted by Gasteiger charge is -2.16. The first-order valence-corrected chi connectivity index (χ1v) is 8.81. The normalized spacial score (nSPS) is 15.4. The van der Waals surface area contributed by atoms with E-state index in [2.05, 4.69) is 0 Å². The van der Waals surface area contributed by atoms with Gasteiger partial charge in [-0.15, -0.1) is 0 Å². The molecule has 3 nitrogen and oxygen atoms in total. The van der Waals surface area contributed by atoms with Gasteiger partial charge in [0.15, 0.2) is 0 Å². The van der Waals surface area contributed by atoms with Crippen molar-refractivity contribution in [1.29, 1.82) is 0 Å². The van der Waals surface area contributed by atoms with Gasteiger partial charge in [0.2, 0.25) is 0 Å². The zero-order valence-corrected chi connectivity index (χ0v) is 15.2. The molecular weight excluding hydrogens is 381 g/mol. The van der Waals surface area contributed by atoms with Crippen LogP contribution < -0.4 is 4.74 Å². The van der Waals surface area contributed by atoms with Crippen molar-refractivity contribution in [3.05, 3.63) is 58.1 Å². The number of carbonyl (C=O) groups excluding carboxylic acids is 2.